The first kappa shape index (κ1) is 22.3. The molecule has 1 atom stereocenters. The molecule has 0 aromatic heterocycles. The zero-order chi connectivity index (χ0) is 23.9. The van der Waals surface area contributed by atoms with Crippen LogP contribution in [0, 0.1) is 11.6 Å². The Hall–Kier alpha value is -3.91. The molecule has 168 valence electrons. The second-order valence-electron chi connectivity index (χ2n) is 7.21. The van der Waals surface area contributed by atoms with Crippen molar-refractivity contribution in [1.29, 1.82) is 0 Å². The lowest BCUT2D eigenvalue weighted by atomic mass is 9.95. The predicted octanol–water partition coefficient (Wildman–Crippen LogP) is 4.96. The number of benzene rings is 3. The maximum atomic E-state index is 14.7. The Morgan fingerprint density at radius 3 is 2.45 bits per heavy atom. The van der Waals surface area contributed by atoms with Gasteiger partial charge in [-0.05, 0) is 48.0 Å². The van der Waals surface area contributed by atoms with Crippen molar-refractivity contribution in [2.75, 3.05) is 12.0 Å². The summed E-state index contributed by atoms with van der Waals surface area (Å²) in [5, 5.41) is 21.2. The second-order valence-corrected chi connectivity index (χ2v) is 7.62. The molecule has 1 aliphatic rings. The molecule has 4 rings (SSSR count). The summed E-state index contributed by atoms with van der Waals surface area (Å²) in [7, 11) is 1.41. The van der Waals surface area contributed by atoms with Crippen LogP contribution in [0.5, 0.6) is 11.5 Å². The van der Waals surface area contributed by atoms with Gasteiger partial charge in [0.25, 0.3) is 11.7 Å². The van der Waals surface area contributed by atoms with Crippen molar-refractivity contribution in [2.24, 2.45) is 0 Å². The van der Waals surface area contributed by atoms with Crippen LogP contribution in [-0.4, -0.2) is 29.0 Å². The average Bonchev–Trinajstić information content (AvgIpc) is 3.04. The number of phenols is 1. The van der Waals surface area contributed by atoms with E-state index in [0.717, 1.165) is 17.0 Å². The number of carbonyl (C=O) groups excluding carboxylic acids is 2. The normalized spacial score (nSPS) is 17.5. The van der Waals surface area contributed by atoms with Gasteiger partial charge in [-0.15, -0.1) is 0 Å². The number of Topliss-reactive ketones (excluding diaryl/α,β-unsaturated/α-hetero) is 1. The van der Waals surface area contributed by atoms with Crippen LogP contribution < -0.4 is 9.64 Å². The quantitative estimate of drug-likeness (QED) is 0.319. The topological polar surface area (TPSA) is 87.1 Å². The summed E-state index contributed by atoms with van der Waals surface area (Å²) in [5.41, 5.74) is -0.378. The molecule has 3 aromatic carbocycles. The fourth-order valence-corrected chi connectivity index (χ4v) is 3.99. The molecule has 3 aromatic rings. The lowest BCUT2D eigenvalue weighted by Gasteiger charge is -2.26. The third-order valence-corrected chi connectivity index (χ3v) is 5.52. The summed E-state index contributed by atoms with van der Waals surface area (Å²) >= 11 is 6.14. The van der Waals surface area contributed by atoms with E-state index in [1.165, 1.54) is 49.6 Å². The number of rotatable bonds is 4. The van der Waals surface area contributed by atoms with Crippen molar-refractivity contribution in [3.63, 3.8) is 0 Å². The largest absolute Gasteiger partial charge is 0.508 e. The van der Waals surface area contributed by atoms with E-state index in [4.69, 9.17) is 16.3 Å². The van der Waals surface area contributed by atoms with E-state index < -0.39 is 35.1 Å². The number of nitrogens with zero attached hydrogens (tertiary/aromatic N) is 1. The molecule has 9 heteroatoms. The summed E-state index contributed by atoms with van der Waals surface area (Å²) in [4.78, 5) is 26.8. The van der Waals surface area contributed by atoms with Crippen molar-refractivity contribution in [1.82, 2.24) is 0 Å². The summed E-state index contributed by atoms with van der Waals surface area (Å²) < 4.78 is 33.2. The highest BCUT2D eigenvalue weighted by molar-refractivity contribution is 6.51. The van der Waals surface area contributed by atoms with Crippen LogP contribution in [0.4, 0.5) is 14.5 Å². The van der Waals surface area contributed by atoms with Gasteiger partial charge in [0.1, 0.15) is 28.9 Å². The number of anilines is 1. The van der Waals surface area contributed by atoms with Gasteiger partial charge in [-0.25, -0.2) is 8.78 Å². The van der Waals surface area contributed by atoms with Gasteiger partial charge in [-0.3, -0.25) is 14.5 Å². The molecule has 1 unspecified atom stereocenters. The first-order valence-corrected chi connectivity index (χ1v) is 9.99. The maximum absolute atomic E-state index is 14.7. The van der Waals surface area contributed by atoms with E-state index in [9.17, 15) is 28.6 Å². The lowest BCUT2D eigenvalue weighted by Crippen LogP contribution is -2.30. The van der Waals surface area contributed by atoms with Gasteiger partial charge in [0.15, 0.2) is 0 Å². The Kier molecular flexibility index (Phi) is 5.78. The summed E-state index contributed by atoms with van der Waals surface area (Å²) in [6.07, 6.45) is 0. The van der Waals surface area contributed by atoms with E-state index in [1.807, 2.05) is 0 Å². The molecule has 0 spiro atoms. The summed E-state index contributed by atoms with van der Waals surface area (Å²) in [6.45, 7) is 0. The Balaban J connectivity index is 1.97. The minimum atomic E-state index is -1.31. The fraction of sp³-hybridized carbons (Fsp3) is 0.0833. The predicted molar refractivity (Wildman–Crippen MR) is 117 cm³/mol. The van der Waals surface area contributed by atoms with E-state index in [-0.39, 0.29) is 33.2 Å². The number of carbonyl (C=O) groups is 2. The molecule has 33 heavy (non-hydrogen) atoms. The molecular formula is C24H16ClF2NO5. The lowest BCUT2D eigenvalue weighted by molar-refractivity contribution is -0.132. The van der Waals surface area contributed by atoms with E-state index in [0.29, 0.717) is 11.8 Å². The van der Waals surface area contributed by atoms with Gasteiger partial charge >= 0.3 is 0 Å². The van der Waals surface area contributed by atoms with Gasteiger partial charge in [0.2, 0.25) is 0 Å². The molecule has 0 bridgehead atoms. The van der Waals surface area contributed by atoms with Gasteiger partial charge in [-0.1, -0.05) is 23.7 Å². The summed E-state index contributed by atoms with van der Waals surface area (Å²) in [5.74, 6) is -4.57. The van der Waals surface area contributed by atoms with Crippen molar-refractivity contribution in [2.45, 2.75) is 6.04 Å². The number of hydrogen-bond acceptors (Lipinski definition) is 5. The second kappa shape index (κ2) is 8.55. The Labute approximate surface area is 191 Å². The average molecular weight is 472 g/mol. The molecule has 0 radical (unpaired) electrons. The van der Waals surface area contributed by atoms with Crippen molar-refractivity contribution in [3.05, 3.63) is 94.0 Å². The Bertz CT molecular complexity index is 1320. The molecule has 1 saturated heterocycles. The molecule has 1 aliphatic heterocycles. The van der Waals surface area contributed by atoms with E-state index >= 15 is 0 Å². The van der Waals surface area contributed by atoms with Crippen molar-refractivity contribution >= 4 is 34.7 Å². The molecule has 0 saturated carbocycles. The SMILES string of the molecule is COc1ccc(/C(O)=C2\C(=O)C(=O)N(c3ccc(F)cc3F)C2c2cccc(O)c2)cc1Cl. The minimum absolute atomic E-state index is 0.114. The maximum Gasteiger partial charge on any atom is 0.300 e. The third kappa shape index (κ3) is 3.89. The van der Waals surface area contributed by atoms with Crippen LogP contribution in [-0.2, 0) is 9.59 Å². The van der Waals surface area contributed by atoms with Crippen LogP contribution in [0.15, 0.2) is 66.2 Å². The molecule has 1 heterocycles. The highest BCUT2D eigenvalue weighted by Gasteiger charge is 2.47. The number of aromatic hydroxyl groups is 1. The first-order valence-electron chi connectivity index (χ1n) is 9.61. The Morgan fingerprint density at radius 1 is 1.06 bits per heavy atom. The number of methoxy groups -OCH3 is 1. The fourth-order valence-electron chi connectivity index (χ4n) is 3.74. The number of ether oxygens (including phenoxy) is 1. The monoisotopic (exact) mass is 471 g/mol. The van der Waals surface area contributed by atoms with Crippen molar-refractivity contribution in [3.8, 4) is 11.5 Å². The molecule has 6 nitrogen and oxygen atoms in total. The number of aliphatic hydroxyl groups excluding tert-OH is 1. The number of hydrogen-bond donors (Lipinski definition) is 2. The van der Waals surface area contributed by atoms with Crippen molar-refractivity contribution < 1.29 is 33.3 Å². The summed E-state index contributed by atoms with van der Waals surface area (Å²) in [6, 6.07) is 11.1. The van der Waals surface area contributed by atoms with Gasteiger partial charge in [0, 0.05) is 11.6 Å². The number of halogens is 3. The molecular weight excluding hydrogens is 456 g/mol. The molecule has 1 amide bonds. The molecule has 1 fully saturated rings. The van der Waals surface area contributed by atoms with Gasteiger partial charge in [0.05, 0.1) is 29.4 Å². The standard InChI is InChI=1S/C24H16ClF2NO5/c1-33-19-8-5-13(10-16(19)25)22(30)20-21(12-3-2-4-15(29)9-12)28(24(32)23(20)31)18-7-6-14(26)11-17(18)27/h2-11,21,29-30H,1H3/b22-20+. The number of ketones is 1. The van der Waals surface area contributed by atoms with Crippen LogP contribution in [0.2, 0.25) is 5.02 Å². The Morgan fingerprint density at radius 2 is 1.82 bits per heavy atom. The van der Waals surface area contributed by atoms with Gasteiger partial charge in [-0.2, -0.15) is 0 Å². The van der Waals surface area contributed by atoms with Crippen LogP contribution in [0.3, 0.4) is 0 Å². The molecule has 2 N–H and O–H groups in total. The van der Waals surface area contributed by atoms with Crippen LogP contribution >= 0.6 is 11.6 Å². The van der Waals surface area contributed by atoms with Gasteiger partial charge < -0.3 is 14.9 Å². The molecule has 0 aliphatic carbocycles. The number of amides is 1. The van der Waals surface area contributed by atoms with E-state index in [2.05, 4.69) is 0 Å². The zero-order valence-electron chi connectivity index (χ0n) is 17.1. The van der Waals surface area contributed by atoms with Crippen LogP contribution in [0.25, 0.3) is 5.76 Å². The first-order chi connectivity index (χ1) is 15.7. The minimum Gasteiger partial charge on any atom is -0.508 e. The van der Waals surface area contributed by atoms with Crippen LogP contribution in [0.1, 0.15) is 17.2 Å². The smallest absolute Gasteiger partial charge is 0.300 e. The number of phenolic OH excluding ortho intramolecular Hbond substituents is 1. The number of aliphatic hydroxyl groups is 1. The highest BCUT2D eigenvalue weighted by Crippen LogP contribution is 2.44. The van der Waals surface area contributed by atoms with E-state index in [1.54, 1.807) is 0 Å². The highest BCUT2D eigenvalue weighted by atomic mass is 35.5. The zero-order valence-corrected chi connectivity index (χ0v) is 17.8. The third-order valence-electron chi connectivity index (χ3n) is 5.22.